The van der Waals surface area contributed by atoms with Gasteiger partial charge in [0.1, 0.15) is 23.4 Å². The molecule has 19 nitrogen and oxygen atoms in total. The number of hydrogen-bond acceptors (Lipinski definition) is 14. The molecule has 0 spiro atoms. The van der Waals surface area contributed by atoms with Crippen LogP contribution in [0, 0.1) is 24.0 Å². The number of β-amino-alcohol motifs (C(OH)–C–C–N with tert-alkyl or cyclic N) is 1. The zero-order valence-electron chi connectivity index (χ0n) is 43.1. The second-order valence-electron chi connectivity index (χ2n) is 21.0. The number of sulfone groups is 1. The average molecular weight is 1080 g/mol. The van der Waals surface area contributed by atoms with Crippen molar-refractivity contribution in [2.45, 2.75) is 71.1 Å². The van der Waals surface area contributed by atoms with Gasteiger partial charge >= 0.3 is 0 Å². The number of aromatic amines is 1. The van der Waals surface area contributed by atoms with E-state index in [4.69, 9.17) is 0 Å². The van der Waals surface area contributed by atoms with Crippen LogP contribution in [0.1, 0.15) is 59.9 Å². The number of amides is 4. The number of piperazine rings is 1. The molecular formula is C53H61F2N11O8S2. The third-order valence-corrected chi connectivity index (χ3v) is 16.0. The van der Waals surface area contributed by atoms with Gasteiger partial charge in [-0.15, -0.1) is 11.3 Å². The number of H-pyrrole nitrogens is 1. The summed E-state index contributed by atoms with van der Waals surface area (Å²) in [6, 6.07) is 9.63. The summed E-state index contributed by atoms with van der Waals surface area (Å²) in [5.41, 5.74) is 5.87. The lowest BCUT2D eigenvalue weighted by Gasteiger charge is -2.37. The molecule has 0 unspecified atom stereocenters. The van der Waals surface area contributed by atoms with Crippen molar-refractivity contribution in [1.82, 2.24) is 50.2 Å². The van der Waals surface area contributed by atoms with Crippen LogP contribution >= 0.6 is 11.3 Å². The predicted molar refractivity (Wildman–Crippen MR) is 284 cm³/mol. The van der Waals surface area contributed by atoms with Gasteiger partial charge in [0.15, 0.2) is 21.5 Å². The Bertz CT molecular complexity index is 3400. The number of aliphatic hydroxyl groups excluding tert-OH is 1. The standard InChI is InChI=1S/C53H61F2N11O8S2/c1-30-46(75-29-60-30)32-9-7-31(8-10-32)21-59-50(70)42-19-36(67)25-66(42)52(72)47(53(2,3)4)61-43(68)27-64-15-13-63(14-16-64)12-11-56-49(69)37-20-41-38(17-33(37)28-76(6,73)74)39-26-62(5)51(71)45-44(39)34(22-57-45)24-65(41)48-40(55)18-35(54)23-58-48/h7-10,17-18,20,22-23,26,29,36,42,47,57,67H,11-16,19,21,24-25,27-28H2,1-6H3,(H,56,69)(H,59,70)(H,61,68)/t36-,42+,47-/m1/s1. The van der Waals surface area contributed by atoms with Gasteiger partial charge in [-0.2, -0.15) is 0 Å². The number of thiazole rings is 1. The number of pyridine rings is 2. The maximum atomic E-state index is 15.6. The lowest BCUT2D eigenvalue weighted by molar-refractivity contribution is -0.144. The third kappa shape index (κ3) is 11.6. The van der Waals surface area contributed by atoms with Crippen molar-refractivity contribution < 1.29 is 41.5 Å². The number of halogens is 2. The number of aromatic nitrogens is 4. The van der Waals surface area contributed by atoms with E-state index in [0.29, 0.717) is 60.9 Å². The van der Waals surface area contributed by atoms with E-state index in [1.54, 1.807) is 42.4 Å². The second kappa shape index (κ2) is 21.6. The van der Waals surface area contributed by atoms with Crippen molar-refractivity contribution >= 4 is 67.2 Å². The molecule has 4 aromatic heterocycles. The number of fused-ring (bicyclic) bond motifs is 2. The van der Waals surface area contributed by atoms with E-state index in [9.17, 15) is 41.9 Å². The Labute approximate surface area is 442 Å². The summed E-state index contributed by atoms with van der Waals surface area (Å²) in [5.74, 6) is -4.42. The number of nitrogens with one attached hydrogen (secondary N) is 4. The molecule has 76 heavy (non-hydrogen) atoms. The number of likely N-dealkylation sites (tertiary alicyclic amines) is 1. The van der Waals surface area contributed by atoms with Gasteiger partial charge in [0.2, 0.25) is 17.7 Å². The summed E-state index contributed by atoms with van der Waals surface area (Å²) in [7, 11) is -2.14. The van der Waals surface area contributed by atoms with E-state index in [2.05, 4.69) is 35.8 Å². The zero-order valence-corrected chi connectivity index (χ0v) is 44.7. The van der Waals surface area contributed by atoms with E-state index in [1.807, 2.05) is 56.9 Å². The molecule has 0 saturated carbocycles. The molecule has 2 aromatic carbocycles. The van der Waals surface area contributed by atoms with Crippen LogP contribution in [0.5, 0.6) is 0 Å². The van der Waals surface area contributed by atoms with Gasteiger partial charge in [0.05, 0.1) is 52.9 Å². The molecule has 2 fully saturated rings. The van der Waals surface area contributed by atoms with Crippen molar-refractivity contribution in [2.75, 3.05) is 63.5 Å². The minimum absolute atomic E-state index is 0.00399. The molecule has 5 N–H and O–H groups in total. The van der Waals surface area contributed by atoms with Crippen LogP contribution in [0.2, 0.25) is 0 Å². The highest BCUT2D eigenvalue weighted by atomic mass is 32.2. The lowest BCUT2D eigenvalue weighted by atomic mass is 9.85. The molecule has 7 heterocycles. The van der Waals surface area contributed by atoms with Crippen LogP contribution in [0.25, 0.3) is 32.5 Å². The molecule has 6 aromatic rings. The van der Waals surface area contributed by atoms with Gasteiger partial charge in [-0.05, 0) is 46.7 Å². The van der Waals surface area contributed by atoms with Crippen molar-refractivity contribution in [1.29, 1.82) is 0 Å². The summed E-state index contributed by atoms with van der Waals surface area (Å²) >= 11 is 1.55. The fraction of sp³-hybridized carbons (Fsp3) is 0.415. The fourth-order valence-electron chi connectivity index (χ4n) is 10.3. The molecule has 0 aliphatic carbocycles. The van der Waals surface area contributed by atoms with E-state index >= 15 is 4.39 Å². The zero-order chi connectivity index (χ0) is 54.4. The van der Waals surface area contributed by atoms with Gasteiger partial charge in [-0.3, -0.25) is 33.8 Å². The lowest BCUT2D eigenvalue weighted by Crippen LogP contribution is -2.59. The minimum Gasteiger partial charge on any atom is -0.391 e. The predicted octanol–water partition coefficient (Wildman–Crippen LogP) is 3.99. The highest BCUT2D eigenvalue weighted by Gasteiger charge is 2.45. The second-order valence-corrected chi connectivity index (χ2v) is 24.0. The molecule has 23 heteroatoms. The van der Waals surface area contributed by atoms with Gasteiger partial charge in [-0.1, -0.05) is 45.0 Å². The van der Waals surface area contributed by atoms with Crippen molar-refractivity contribution in [3.05, 3.63) is 117 Å². The molecule has 0 bridgehead atoms. The Morgan fingerprint density at radius 1 is 0.987 bits per heavy atom. The van der Waals surface area contributed by atoms with Crippen molar-refractivity contribution in [3.8, 4) is 21.6 Å². The third-order valence-electron chi connectivity index (χ3n) is 14.2. The van der Waals surface area contributed by atoms with Crippen LogP contribution in [-0.2, 0) is 50.1 Å². The number of rotatable bonds is 15. The molecule has 9 rings (SSSR count). The Kier molecular flexibility index (Phi) is 15.3. The van der Waals surface area contributed by atoms with E-state index in [1.165, 1.54) is 20.4 Å². The van der Waals surface area contributed by atoms with E-state index < -0.39 is 68.5 Å². The first kappa shape index (κ1) is 53.9. The Balaban J connectivity index is 0.819. The number of nitrogens with zero attached hydrogens (tertiary/aromatic N) is 7. The number of carbonyl (C=O) groups excluding carboxylic acids is 4. The Morgan fingerprint density at radius 2 is 1.71 bits per heavy atom. The molecule has 2 saturated heterocycles. The molecule has 3 atom stereocenters. The highest BCUT2D eigenvalue weighted by molar-refractivity contribution is 7.89. The summed E-state index contributed by atoms with van der Waals surface area (Å²) in [6.45, 7) is 10.2. The molecular weight excluding hydrogens is 1020 g/mol. The molecule has 402 valence electrons. The summed E-state index contributed by atoms with van der Waals surface area (Å²) in [6.07, 6.45) is 4.30. The van der Waals surface area contributed by atoms with Crippen LogP contribution < -0.4 is 26.4 Å². The van der Waals surface area contributed by atoms with E-state index in [-0.39, 0.29) is 78.8 Å². The number of aryl methyl sites for hydroxylation is 2. The first-order valence-corrected chi connectivity index (χ1v) is 27.9. The summed E-state index contributed by atoms with van der Waals surface area (Å²) < 4.78 is 57.0. The highest BCUT2D eigenvalue weighted by Crippen LogP contribution is 2.45. The van der Waals surface area contributed by atoms with Gasteiger partial charge < -0.3 is 40.4 Å². The van der Waals surface area contributed by atoms with Crippen LogP contribution in [0.3, 0.4) is 0 Å². The number of hydrogen-bond donors (Lipinski definition) is 5. The van der Waals surface area contributed by atoms with Crippen molar-refractivity contribution in [2.24, 2.45) is 12.5 Å². The van der Waals surface area contributed by atoms with Crippen molar-refractivity contribution in [3.63, 3.8) is 0 Å². The first-order chi connectivity index (χ1) is 36.0. The quantitative estimate of drug-likeness (QED) is 0.0980. The topological polar surface area (TPSA) is 235 Å². The summed E-state index contributed by atoms with van der Waals surface area (Å²) in [4.78, 5) is 88.3. The van der Waals surface area contributed by atoms with Gasteiger partial charge in [0, 0.05) is 113 Å². The minimum atomic E-state index is -3.71. The summed E-state index contributed by atoms with van der Waals surface area (Å²) in [5, 5.41) is 20.0. The smallest absolute Gasteiger partial charge is 0.274 e. The van der Waals surface area contributed by atoms with Crippen LogP contribution in [0.15, 0.2) is 71.4 Å². The maximum absolute atomic E-state index is 15.6. The first-order valence-electron chi connectivity index (χ1n) is 24.9. The SMILES string of the molecule is Cc1ncsc1-c1ccc(CNC(=O)[C@@H]2C[C@@H](O)CN2C(=O)[C@@H](NC(=O)CN2CCN(CCNC(=O)c3cc4c(cc3CS(C)(=O)=O)-c3cn(C)c(=O)c5[nH]cc(c35)CN4c3ncc(F)cc3F)CC2)C(C)(C)C)cc1. The maximum Gasteiger partial charge on any atom is 0.274 e. The van der Waals surface area contributed by atoms with E-state index in [0.717, 1.165) is 34.2 Å². The molecule has 3 aliphatic rings. The normalized spacial score (nSPS) is 17.6. The van der Waals surface area contributed by atoms with Crippen LogP contribution in [-0.4, -0.2) is 148 Å². The number of carbonyl (C=O) groups is 4. The Morgan fingerprint density at radius 3 is 2.38 bits per heavy atom. The molecule has 3 aliphatic heterocycles. The fourth-order valence-corrected chi connectivity index (χ4v) is 11.9. The molecule has 0 radical (unpaired) electrons. The largest absolute Gasteiger partial charge is 0.391 e. The van der Waals surface area contributed by atoms with Crippen LogP contribution in [0.4, 0.5) is 20.3 Å². The van der Waals surface area contributed by atoms with Gasteiger partial charge in [-0.25, -0.2) is 27.2 Å². The van der Waals surface area contributed by atoms with Gasteiger partial charge in [0.25, 0.3) is 11.5 Å². The Hall–Kier alpha value is -6.92. The average Bonchev–Trinajstić information content (AvgIpc) is 4.10. The monoisotopic (exact) mass is 1080 g/mol. The number of aliphatic hydroxyl groups is 1. The number of benzene rings is 2. The number of anilines is 2. The molecule has 4 amide bonds.